The van der Waals surface area contributed by atoms with Crippen molar-refractivity contribution in [3.05, 3.63) is 0 Å². The van der Waals surface area contributed by atoms with Gasteiger partial charge in [0.1, 0.15) is 0 Å². The minimum Gasteiger partial charge on any atom is -0.393 e. The van der Waals surface area contributed by atoms with Crippen molar-refractivity contribution in [3.8, 4) is 0 Å². The summed E-state index contributed by atoms with van der Waals surface area (Å²) in [6, 6.07) is 0. The van der Waals surface area contributed by atoms with Crippen LogP contribution in [0.15, 0.2) is 0 Å². The van der Waals surface area contributed by atoms with Gasteiger partial charge in [-0.15, -0.1) is 0 Å². The van der Waals surface area contributed by atoms with E-state index < -0.39 is 12.0 Å². The first kappa shape index (κ1) is 12.7. The minimum atomic E-state index is -0.648. The molecule has 0 unspecified atom stereocenters. The summed E-state index contributed by atoms with van der Waals surface area (Å²) in [7, 11) is 0. The molecule has 0 aromatic carbocycles. The van der Waals surface area contributed by atoms with Crippen molar-refractivity contribution >= 4 is 11.9 Å². The molecule has 0 aliphatic rings. The number of hydrogen-bond donors (Lipinski definition) is 5. The molecule has 0 aromatic heterocycles. The van der Waals surface area contributed by atoms with Gasteiger partial charge < -0.3 is 21.9 Å². The van der Waals surface area contributed by atoms with Crippen molar-refractivity contribution in [2.24, 2.45) is 11.5 Å². The first-order chi connectivity index (χ1) is 6.52. The maximum absolute atomic E-state index is 10.4. The lowest BCUT2D eigenvalue weighted by Crippen LogP contribution is -2.31. The molecule has 0 saturated carbocycles. The summed E-state index contributed by atoms with van der Waals surface area (Å²) in [5.74, 6) is -0.540. The highest BCUT2D eigenvalue weighted by Gasteiger charge is 2.06. The molecule has 0 aromatic rings. The van der Waals surface area contributed by atoms with Crippen molar-refractivity contribution in [3.63, 3.8) is 0 Å². The lowest BCUT2D eigenvalue weighted by Gasteiger charge is -2.08. The summed E-state index contributed by atoms with van der Waals surface area (Å²) in [6.07, 6.45) is 1.48. The predicted octanol–water partition coefficient (Wildman–Crippen LogP) is -1.12. The van der Waals surface area contributed by atoms with Gasteiger partial charge in [-0.1, -0.05) is 0 Å². The molecule has 0 saturated heterocycles. The highest BCUT2D eigenvalue weighted by atomic mass is 16.3. The molecule has 0 bridgehead atoms. The zero-order chi connectivity index (χ0) is 11.0. The van der Waals surface area contributed by atoms with Crippen LogP contribution in [0.1, 0.15) is 25.7 Å². The van der Waals surface area contributed by atoms with Crippen LogP contribution in [-0.4, -0.2) is 29.6 Å². The lowest BCUT2D eigenvalue weighted by atomic mass is 10.1. The molecule has 0 heterocycles. The van der Waals surface area contributed by atoms with E-state index >= 15 is 0 Å². The van der Waals surface area contributed by atoms with Gasteiger partial charge in [0.05, 0.1) is 12.5 Å². The fourth-order valence-electron chi connectivity index (χ4n) is 1.06. The molecule has 1 atom stereocenters. The quantitative estimate of drug-likeness (QED) is 0.203. The van der Waals surface area contributed by atoms with Crippen LogP contribution in [0, 0.1) is 5.41 Å². The van der Waals surface area contributed by atoms with E-state index in [4.69, 9.17) is 16.9 Å². The molecule has 6 nitrogen and oxygen atoms in total. The Kier molecular flexibility index (Phi) is 6.47. The Morgan fingerprint density at radius 2 is 2.07 bits per heavy atom. The molecule has 0 spiro atoms. The number of unbranched alkanes of at least 4 members (excludes halogenated alkanes) is 1. The summed E-state index contributed by atoms with van der Waals surface area (Å²) in [5.41, 5.74) is 9.97. The Balaban J connectivity index is 3.27. The maximum Gasteiger partial charge on any atom is 0.220 e. The molecule has 6 heteroatoms. The van der Waals surface area contributed by atoms with E-state index in [9.17, 15) is 9.90 Å². The standard InChI is InChI=1S/C8H18N4O2/c9-7(14)5-6(13)3-1-2-4-12-8(10)11/h6,13H,1-5H2,(H2,9,14)(H4,10,11,12)/t6-/m0/s1. The Bertz CT molecular complexity index is 196. The summed E-state index contributed by atoms with van der Waals surface area (Å²) in [4.78, 5) is 10.4. The van der Waals surface area contributed by atoms with Crippen molar-refractivity contribution in [2.75, 3.05) is 6.54 Å². The molecular weight excluding hydrogens is 184 g/mol. The van der Waals surface area contributed by atoms with Crippen LogP contribution in [0.25, 0.3) is 0 Å². The van der Waals surface area contributed by atoms with Crippen molar-refractivity contribution < 1.29 is 9.90 Å². The number of primary amides is 1. The summed E-state index contributed by atoms with van der Waals surface area (Å²) < 4.78 is 0. The van der Waals surface area contributed by atoms with Gasteiger partial charge >= 0.3 is 0 Å². The number of aliphatic hydroxyl groups is 1. The van der Waals surface area contributed by atoms with Gasteiger partial charge in [0.25, 0.3) is 0 Å². The number of rotatable bonds is 7. The molecule has 0 fully saturated rings. The average Bonchev–Trinajstić information content (AvgIpc) is 2.01. The SMILES string of the molecule is N=C(N)NCCCC[C@H](O)CC(N)=O. The zero-order valence-electron chi connectivity index (χ0n) is 8.12. The lowest BCUT2D eigenvalue weighted by molar-refractivity contribution is -0.119. The third-order valence-corrected chi connectivity index (χ3v) is 1.72. The topological polar surface area (TPSA) is 125 Å². The van der Waals surface area contributed by atoms with Crippen LogP contribution < -0.4 is 16.8 Å². The largest absolute Gasteiger partial charge is 0.393 e. The van der Waals surface area contributed by atoms with Gasteiger partial charge in [-0.05, 0) is 19.3 Å². The molecule has 0 rings (SSSR count). The maximum atomic E-state index is 10.4. The smallest absolute Gasteiger partial charge is 0.220 e. The van der Waals surface area contributed by atoms with Crippen LogP contribution in [0.4, 0.5) is 0 Å². The first-order valence-corrected chi connectivity index (χ1v) is 4.56. The summed E-state index contributed by atoms with van der Waals surface area (Å²) in [5, 5.41) is 18.8. The van der Waals surface area contributed by atoms with Crippen LogP contribution in [-0.2, 0) is 4.79 Å². The van der Waals surface area contributed by atoms with Gasteiger partial charge in [-0.2, -0.15) is 0 Å². The number of hydrogen-bond acceptors (Lipinski definition) is 3. The normalized spacial score (nSPS) is 12.1. The Morgan fingerprint density at radius 1 is 1.43 bits per heavy atom. The number of carbonyl (C=O) groups is 1. The molecule has 14 heavy (non-hydrogen) atoms. The van der Waals surface area contributed by atoms with Gasteiger partial charge in [-0.3, -0.25) is 10.2 Å². The number of nitrogens with one attached hydrogen (secondary N) is 2. The molecule has 7 N–H and O–H groups in total. The monoisotopic (exact) mass is 202 g/mol. The van der Waals surface area contributed by atoms with Crippen molar-refractivity contribution in [1.29, 1.82) is 5.41 Å². The first-order valence-electron chi connectivity index (χ1n) is 4.56. The molecule has 0 aliphatic carbocycles. The third-order valence-electron chi connectivity index (χ3n) is 1.72. The fourth-order valence-corrected chi connectivity index (χ4v) is 1.06. The van der Waals surface area contributed by atoms with Crippen LogP contribution >= 0.6 is 0 Å². The van der Waals surface area contributed by atoms with E-state index in [2.05, 4.69) is 5.32 Å². The molecular formula is C8H18N4O2. The Labute approximate surface area is 83.2 Å². The Hall–Kier alpha value is -1.30. The molecule has 1 amide bonds. The van der Waals surface area contributed by atoms with Gasteiger partial charge in [0.15, 0.2) is 5.96 Å². The molecule has 0 radical (unpaired) electrons. The number of nitrogens with two attached hydrogens (primary N) is 2. The van der Waals surface area contributed by atoms with E-state index in [-0.39, 0.29) is 12.4 Å². The number of amides is 1. The summed E-state index contributed by atoms with van der Waals surface area (Å²) in [6.45, 7) is 0.610. The van der Waals surface area contributed by atoms with Crippen LogP contribution in [0.3, 0.4) is 0 Å². The fraction of sp³-hybridized carbons (Fsp3) is 0.750. The zero-order valence-corrected chi connectivity index (χ0v) is 8.12. The van der Waals surface area contributed by atoms with E-state index in [1.165, 1.54) is 0 Å². The van der Waals surface area contributed by atoms with E-state index in [0.717, 1.165) is 12.8 Å². The van der Waals surface area contributed by atoms with E-state index in [1.807, 2.05) is 0 Å². The second kappa shape index (κ2) is 7.14. The highest BCUT2D eigenvalue weighted by molar-refractivity contribution is 5.74. The number of guanidine groups is 1. The van der Waals surface area contributed by atoms with Gasteiger partial charge in [0.2, 0.25) is 5.91 Å². The summed E-state index contributed by atoms with van der Waals surface area (Å²) >= 11 is 0. The second-order valence-corrected chi connectivity index (χ2v) is 3.16. The van der Waals surface area contributed by atoms with E-state index in [0.29, 0.717) is 13.0 Å². The average molecular weight is 202 g/mol. The molecule has 82 valence electrons. The van der Waals surface area contributed by atoms with E-state index in [1.54, 1.807) is 0 Å². The van der Waals surface area contributed by atoms with Gasteiger partial charge in [0, 0.05) is 6.54 Å². The van der Waals surface area contributed by atoms with Crippen molar-refractivity contribution in [1.82, 2.24) is 5.32 Å². The highest BCUT2D eigenvalue weighted by Crippen LogP contribution is 2.03. The number of carbonyl (C=O) groups excluding carboxylic acids is 1. The Morgan fingerprint density at radius 3 is 2.57 bits per heavy atom. The van der Waals surface area contributed by atoms with Crippen molar-refractivity contribution in [2.45, 2.75) is 31.8 Å². The predicted molar refractivity (Wildman–Crippen MR) is 53.6 cm³/mol. The molecule has 0 aliphatic heterocycles. The third kappa shape index (κ3) is 8.79. The van der Waals surface area contributed by atoms with Gasteiger partial charge in [-0.25, -0.2) is 0 Å². The van der Waals surface area contributed by atoms with Crippen LogP contribution in [0.5, 0.6) is 0 Å². The van der Waals surface area contributed by atoms with Crippen LogP contribution in [0.2, 0.25) is 0 Å². The second-order valence-electron chi connectivity index (χ2n) is 3.16. The minimum absolute atomic E-state index is 0.0140. The number of aliphatic hydroxyl groups excluding tert-OH is 1.